The quantitative estimate of drug-likeness (QED) is 0.852. The Morgan fingerprint density at radius 2 is 2.11 bits per heavy atom. The minimum Gasteiger partial charge on any atom is -0.461 e. The van der Waals surface area contributed by atoms with Gasteiger partial charge in [0.1, 0.15) is 0 Å². The molecule has 0 amide bonds. The molecule has 0 radical (unpaired) electrons. The highest BCUT2D eigenvalue weighted by molar-refractivity contribution is 5.87. The third-order valence-corrected chi connectivity index (χ3v) is 2.21. The highest BCUT2D eigenvalue weighted by Crippen LogP contribution is 2.27. The lowest BCUT2D eigenvalue weighted by Gasteiger charge is -2.14. The van der Waals surface area contributed by atoms with Crippen LogP contribution in [0, 0.1) is 6.92 Å². The van der Waals surface area contributed by atoms with Crippen LogP contribution in [-0.4, -0.2) is 23.9 Å². The second-order valence-electron chi connectivity index (χ2n) is 3.58. The number of carbonyl (C=O) groups is 1. The molecule has 0 aliphatic rings. The molecule has 106 valence electrons. The fourth-order valence-corrected chi connectivity index (χ4v) is 1.42. The fourth-order valence-electron chi connectivity index (χ4n) is 1.42. The molecule has 0 atom stereocenters. The molecule has 0 bridgehead atoms. The molecule has 0 saturated carbocycles. The normalized spacial score (nSPS) is 11.3. The Bertz CT molecular complexity index is 475. The van der Waals surface area contributed by atoms with E-state index in [0.29, 0.717) is 5.56 Å². The summed E-state index contributed by atoms with van der Waals surface area (Å²) < 4.78 is 45.2. The molecular formula is C11H13F3N2O3. The molecule has 0 spiro atoms. The molecule has 1 aromatic heterocycles. The maximum atomic E-state index is 12.3. The topological polar surface area (TPSA) is 74.4 Å². The van der Waals surface area contributed by atoms with Crippen LogP contribution in [0.3, 0.4) is 0 Å². The van der Waals surface area contributed by atoms with Gasteiger partial charge in [-0.3, -0.25) is 0 Å². The van der Waals surface area contributed by atoms with Crippen LogP contribution < -0.4 is 10.5 Å². The summed E-state index contributed by atoms with van der Waals surface area (Å²) >= 11 is 0. The second-order valence-corrected chi connectivity index (χ2v) is 3.58. The van der Waals surface area contributed by atoms with E-state index in [2.05, 4.69) is 14.5 Å². The van der Waals surface area contributed by atoms with Crippen molar-refractivity contribution in [2.75, 3.05) is 6.61 Å². The van der Waals surface area contributed by atoms with Crippen molar-refractivity contribution >= 4 is 5.97 Å². The molecular weight excluding hydrogens is 265 g/mol. The van der Waals surface area contributed by atoms with E-state index in [1.54, 1.807) is 6.92 Å². The molecule has 1 heterocycles. The third kappa shape index (κ3) is 4.09. The van der Waals surface area contributed by atoms with Crippen molar-refractivity contribution in [1.82, 2.24) is 4.98 Å². The summed E-state index contributed by atoms with van der Waals surface area (Å²) in [6.45, 7) is 2.99. The zero-order valence-electron chi connectivity index (χ0n) is 10.4. The first-order valence-electron chi connectivity index (χ1n) is 5.42. The van der Waals surface area contributed by atoms with Gasteiger partial charge >= 0.3 is 12.3 Å². The number of nitrogens with two attached hydrogens (primary N) is 1. The number of hydrogen-bond acceptors (Lipinski definition) is 5. The van der Waals surface area contributed by atoms with Crippen molar-refractivity contribution in [3.05, 3.63) is 22.9 Å². The van der Waals surface area contributed by atoms with Gasteiger partial charge in [-0.15, -0.1) is 13.2 Å². The van der Waals surface area contributed by atoms with E-state index in [9.17, 15) is 18.0 Å². The first-order valence-corrected chi connectivity index (χ1v) is 5.42. The number of ether oxygens (including phenoxy) is 2. The molecule has 0 saturated heterocycles. The fraction of sp³-hybridized carbons (Fsp3) is 0.455. The first-order chi connectivity index (χ1) is 8.78. The summed E-state index contributed by atoms with van der Waals surface area (Å²) in [4.78, 5) is 15.0. The van der Waals surface area contributed by atoms with Gasteiger partial charge in [0.2, 0.25) is 5.88 Å². The summed E-state index contributed by atoms with van der Waals surface area (Å²) in [5.74, 6) is -1.54. The SMILES string of the molecule is CCOC(=O)c1cc(C)c(CN)c(OC(F)(F)F)n1. The maximum absolute atomic E-state index is 12.3. The Labute approximate surface area is 107 Å². The Kier molecular flexibility index (Phi) is 4.71. The van der Waals surface area contributed by atoms with Crippen LogP contribution in [0.2, 0.25) is 0 Å². The number of esters is 1. The van der Waals surface area contributed by atoms with E-state index in [4.69, 9.17) is 5.73 Å². The zero-order chi connectivity index (χ0) is 14.6. The molecule has 0 fully saturated rings. The molecule has 0 aliphatic heterocycles. The lowest BCUT2D eigenvalue weighted by atomic mass is 10.1. The molecule has 1 rings (SSSR count). The monoisotopic (exact) mass is 278 g/mol. The molecule has 0 unspecified atom stereocenters. The van der Waals surface area contributed by atoms with Crippen molar-refractivity contribution in [2.45, 2.75) is 26.8 Å². The van der Waals surface area contributed by atoms with Crippen molar-refractivity contribution in [3.8, 4) is 5.88 Å². The van der Waals surface area contributed by atoms with E-state index >= 15 is 0 Å². The van der Waals surface area contributed by atoms with Crippen LogP contribution in [-0.2, 0) is 11.3 Å². The number of nitrogens with zero attached hydrogens (tertiary/aromatic N) is 1. The molecule has 19 heavy (non-hydrogen) atoms. The number of carbonyl (C=O) groups excluding carboxylic acids is 1. The van der Waals surface area contributed by atoms with Crippen LogP contribution in [0.1, 0.15) is 28.5 Å². The van der Waals surface area contributed by atoms with Crippen molar-refractivity contribution in [1.29, 1.82) is 0 Å². The van der Waals surface area contributed by atoms with Gasteiger partial charge in [-0.25, -0.2) is 9.78 Å². The van der Waals surface area contributed by atoms with E-state index in [0.717, 1.165) is 0 Å². The van der Waals surface area contributed by atoms with Crippen LogP contribution >= 0.6 is 0 Å². The van der Waals surface area contributed by atoms with Gasteiger partial charge in [0.15, 0.2) is 5.69 Å². The van der Waals surface area contributed by atoms with Crippen LogP contribution in [0.4, 0.5) is 13.2 Å². The molecule has 2 N–H and O–H groups in total. The van der Waals surface area contributed by atoms with Gasteiger partial charge in [0.25, 0.3) is 0 Å². The third-order valence-electron chi connectivity index (χ3n) is 2.21. The largest absolute Gasteiger partial charge is 0.574 e. The van der Waals surface area contributed by atoms with Gasteiger partial charge in [-0.05, 0) is 25.5 Å². The zero-order valence-corrected chi connectivity index (χ0v) is 10.4. The van der Waals surface area contributed by atoms with Gasteiger partial charge in [-0.1, -0.05) is 0 Å². The highest BCUT2D eigenvalue weighted by Gasteiger charge is 2.33. The minimum atomic E-state index is -4.91. The van der Waals surface area contributed by atoms with E-state index in [-0.39, 0.29) is 24.4 Å². The highest BCUT2D eigenvalue weighted by atomic mass is 19.4. The van der Waals surface area contributed by atoms with Gasteiger partial charge in [0.05, 0.1) is 6.61 Å². The molecule has 0 aliphatic carbocycles. The van der Waals surface area contributed by atoms with Gasteiger partial charge < -0.3 is 15.2 Å². The van der Waals surface area contributed by atoms with Crippen LogP contribution in [0.5, 0.6) is 5.88 Å². The molecule has 8 heteroatoms. The standard InChI is InChI=1S/C11H13F3N2O3/c1-3-18-10(17)8-4-6(2)7(5-15)9(16-8)19-11(12,13)14/h4H,3,5,15H2,1-2H3. The number of aromatic nitrogens is 1. The van der Waals surface area contributed by atoms with Crippen LogP contribution in [0.15, 0.2) is 6.07 Å². The van der Waals surface area contributed by atoms with Crippen molar-refractivity contribution < 1.29 is 27.4 Å². The Balaban J connectivity index is 3.22. The average Bonchev–Trinajstić information content (AvgIpc) is 2.26. The minimum absolute atomic E-state index is 0.0883. The van der Waals surface area contributed by atoms with E-state index in [1.807, 2.05) is 0 Å². The van der Waals surface area contributed by atoms with Gasteiger partial charge in [-0.2, -0.15) is 0 Å². The predicted molar refractivity (Wildman–Crippen MR) is 59.5 cm³/mol. The predicted octanol–water partition coefficient (Wildman–Crippen LogP) is 1.92. The van der Waals surface area contributed by atoms with Gasteiger partial charge in [0, 0.05) is 12.1 Å². The summed E-state index contributed by atoms with van der Waals surface area (Å²) in [5.41, 5.74) is 5.56. The summed E-state index contributed by atoms with van der Waals surface area (Å²) in [6.07, 6.45) is -4.91. The van der Waals surface area contributed by atoms with Crippen molar-refractivity contribution in [3.63, 3.8) is 0 Å². The number of hydrogen-bond donors (Lipinski definition) is 1. The molecule has 1 aromatic rings. The number of pyridine rings is 1. The van der Waals surface area contributed by atoms with Crippen LogP contribution in [0.25, 0.3) is 0 Å². The number of rotatable bonds is 4. The summed E-state index contributed by atoms with van der Waals surface area (Å²) in [7, 11) is 0. The number of aryl methyl sites for hydroxylation is 1. The first kappa shape index (κ1) is 15.2. The Hall–Kier alpha value is -1.83. The second kappa shape index (κ2) is 5.87. The average molecular weight is 278 g/mol. The molecule has 5 nitrogen and oxygen atoms in total. The lowest BCUT2D eigenvalue weighted by Crippen LogP contribution is -2.21. The Morgan fingerprint density at radius 3 is 2.58 bits per heavy atom. The van der Waals surface area contributed by atoms with E-state index < -0.39 is 18.2 Å². The smallest absolute Gasteiger partial charge is 0.461 e. The Morgan fingerprint density at radius 1 is 1.47 bits per heavy atom. The lowest BCUT2D eigenvalue weighted by molar-refractivity contribution is -0.276. The molecule has 0 aromatic carbocycles. The summed E-state index contributed by atoms with van der Waals surface area (Å²) in [6, 6.07) is 1.31. The summed E-state index contributed by atoms with van der Waals surface area (Å²) in [5, 5.41) is 0. The number of halogens is 3. The van der Waals surface area contributed by atoms with Crippen molar-refractivity contribution in [2.24, 2.45) is 5.73 Å². The maximum Gasteiger partial charge on any atom is 0.574 e. The van der Waals surface area contributed by atoms with E-state index in [1.165, 1.54) is 13.0 Å². The number of alkyl halides is 3.